The van der Waals surface area contributed by atoms with Crippen LogP contribution < -0.4 is 25.4 Å². The normalized spacial score (nSPS) is 12.9. The molecular weight excluding hydrogens is 717 g/mol. The van der Waals surface area contributed by atoms with Crippen LogP contribution in [0, 0.1) is 0 Å². The van der Waals surface area contributed by atoms with Crippen molar-refractivity contribution in [3.8, 4) is 11.5 Å². The Labute approximate surface area is 315 Å². The monoisotopic (exact) mass is 756 g/mol. The van der Waals surface area contributed by atoms with Crippen LogP contribution in [0.5, 0.6) is 11.5 Å². The molecule has 1 aliphatic heterocycles. The van der Waals surface area contributed by atoms with Crippen LogP contribution in [-0.2, 0) is 32.1 Å². The molecule has 4 aromatic rings. The number of esters is 1. The van der Waals surface area contributed by atoms with Crippen LogP contribution in [0.3, 0.4) is 0 Å². The van der Waals surface area contributed by atoms with Crippen molar-refractivity contribution < 1.29 is 38.2 Å². The zero-order valence-electron chi connectivity index (χ0n) is 29.9. The number of thiophene rings is 1. The predicted molar refractivity (Wildman–Crippen MR) is 206 cm³/mol. The van der Waals surface area contributed by atoms with Crippen LogP contribution in [-0.4, -0.2) is 67.1 Å². The van der Waals surface area contributed by atoms with E-state index in [1.165, 1.54) is 50.3 Å². The minimum absolute atomic E-state index is 0.0429. The highest BCUT2D eigenvalue weighted by molar-refractivity contribution is 8.00. The van der Waals surface area contributed by atoms with Gasteiger partial charge in [0.05, 0.1) is 38.2 Å². The van der Waals surface area contributed by atoms with Gasteiger partial charge in [-0.05, 0) is 80.4 Å². The van der Waals surface area contributed by atoms with Crippen molar-refractivity contribution in [1.29, 1.82) is 0 Å². The summed E-state index contributed by atoms with van der Waals surface area (Å²) in [5.74, 6) is -0.987. The summed E-state index contributed by atoms with van der Waals surface area (Å²) in [6.45, 7) is 5.98. The van der Waals surface area contributed by atoms with Gasteiger partial charge in [0.2, 0.25) is 11.8 Å². The molecule has 0 fully saturated rings. The van der Waals surface area contributed by atoms with Gasteiger partial charge >= 0.3 is 5.97 Å². The highest BCUT2D eigenvalue weighted by atomic mass is 32.2. The van der Waals surface area contributed by atoms with Crippen molar-refractivity contribution in [2.24, 2.45) is 0 Å². The van der Waals surface area contributed by atoms with E-state index < -0.39 is 23.0 Å². The third-order valence-corrected chi connectivity index (χ3v) is 10.5. The number of carbonyl (C=O) groups excluding carboxylic acids is 5. The molecule has 5 rings (SSSR count). The number of hydrogen-bond donors (Lipinski definition) is 3. The number of carbonyl (C=O) groups is 5. The third-order valence-electron chi connectivity index (χ3n) is 8.26. The molecule has 1 unspecified atom stereocenters. The van der Waals surface area contributed by atoms with E-state index in [0.717, 1.165) is 10.4 Å². The average molecular weight is 757 g/mol. The lowest BCUT2D eigenvalue weighted by atomic mass is 10.0. The number of rotatable bonds is 13. The van der Waals surface area contributed by atoms with Gasteiger partial charge in [-0.3, -0.25) is 19.2 Å². The van der Waals surface area contributed by atoms with Gasteiger partial charge in [0.15, 0.2) is 0 Å². The quantitative estimate of drug-likeness (QED) is 0.0803. The number of methoxy groups -OCH3 is 2. The van der Waals surface area contributed by atoms with E-state index in [1.54, 1.807) is 85.5 Å². The topological polar surface area (TPSA) is 152 Å². The Morgan fingerprint density at radius 2 is 1.74 bits per heavy atom. The number of amides is 4. The van der Waals surface area contributed by atoms with Crippen molar-refractivity contribution in [3.63, 3.8) is 0 Å². The zero-order chi connectivity index (χ0) is 38.1. The molecule has 4 amide bonds. The Morgan fingerprint density at radius 3 is 2.43 bits per heavy atom. The molecule has 14 heteroatoms. The summed E-state index contributed by atoms with van der Waals surface area (Å²) in [5, 5.41) is 8.29. The van der Waals surface area contributed by atoms with E-state index in [1.807, 2.05) is 6.07 Å². The highest BCUT2D eigenvalue weighted by Crippen LogP contribution is 2.38. The Morgan fingerprint density at radius 1 is 0.962 bits per heavy atom. The second kappa shape index (κ2) is 17.8. The van der Waals surface area contributed by atoms with Gasteiger partial charge < -0.3 is 35.1 Å². The molecule has 0 radical (unpaired) electrons. The lowest BCUT2D eigenvalue weighted by Crippen LogP contribution is -2.34. The number of thioether (sulfide) groups is 1. The van der Waals surface area contributed by atoms with Crippen molar-refractivity contribution in [2.45, 2.75) is 43.9 Å². The van der Waals surface area contributed by atoms with Crippen LogP contribution in [0.4, 0.5) is 10.7 Å². The molecule has 0 aliphatic carbocycles. The van der Waals surface area contributed by atoms with Crippen LogP contribution in [0.1, 0.15) is 57.5 Å². The first-order valence-corrected chi connectivity index (χ1v) is 18.5. The molecule has 0 saturated carbocycles. The highest BCUT2D eigenvalue weighted by Gasteiger charge is 2.31. The van der Waals surface area contributed by atoms with Gasteiger partial charge in [-0.1, -0.05) is 24.3 Å². The van der Waals surface area contributed by atoms with Gasteiger partial charge in [0, 0.05) is 40.1 Å². The number of nitrogens with one attached hydrogen (secondary N) is 3. The first-order chi connectivity index (χ1) is 25.5. The van der Waals surface area contributed by atoms with Crippen LogP contribution in [0.2, 0.25) is 0 Å². The molecular formula is C39H40N4O8S2. The number of fused-ring (bicyclic) bond motifs is 1. The summed E-state index contributed by atoms with van der Waals surface area (Å²) >= 11 is 2.54. The summed E-state index contributed by atoms with van der Waals surface area (Å²) in [4.78, 5) is 68.7. The Bertz CT molecular complexity index is 2050. The molecule has 3 N–H and O–H groups in total. The molecule has 1 aromatic heterocycles. The SMILES string of the molecule is CCOC(=O)c1c(NC(=O)C(C)Sc2cccc(NC(=O)/C(=C\c3cc(OC)ccc3OC)NC(=O)c3ccccc3)c2)sc2c1CCN(C(C)=O)C2. The second-order valence-electron chi connectivity index (χ2n) is 11.8. The Balaban J connectivity index is 1.33. The van der Waals surface area contributed by atoms with Crippen LogP contribution in [0.15, 0.2) is 83.4 Å². The number of anilines is 2. The zero-order valence-corrected chi connectivity index (χ0v) is 31.6. The Hall–Kier alpha value is -5.60. The summed E-state index contributed by atoms with van der Waals surface area (Å²) in [7, 11) is 3.03. The molecule has 12 nitrogen and oxygen atoms in total. The molecule has 1 aliphatic rings. The number of benzene rings is 3. The summed E-state index contributed by atoms with van der Waals surface area (Å²) < 4.78 is 16.2. The van der Waals surface area contributed by atoms with Gasteiger partial charge in [-0.15, -0.1) is 23.1 Å². The van der Waals surface area contributed by atoms with Crippen molar-refractivity contribution in [1.82, 2.24) is 10.2 Å². The van der Waals surface area contributed by atoms with Gasteiger partial charge in [0.1, 0.15) is 22.2 Å². The van der Waals surface area contributed by atoms with Crippen molar-refractivity contribution >= 4 is 69.5 Å². The minimum atomic E-state index is -0.606. The van der Waals surface area contributed by atoms with Gasteiger partial charge in [-0.2, -0.15) is 0 Å². The van der Waals surface area contributed by atoms with E-state index in [0.29, 0.717) is 63.3 Å². The number of nitrogens with zero attached hydrogens (tertiary/aromatic N) is 1. The van der Waals surface area contributed by atoms with Crippen LogP contribution in [0.25, 0.3) is 6.08 Å². The summed E-state index contributed by atoms with van der Waals surface area (Å²) in [6, 6.07) is 20.6. The predicted octanol–water partition coefficient (Wildman–Crippen LogP) is 6.38. The van der Waals surface area contributed by atoms with Gasteiger partial charge in [-0.25, -0.2) is 4.79 Å². The van der Waals surface area contributed by atoms with E-state index in [-0.39, 0.29) is 24.1 Å². The maximum atomic E-state index is 13.8. The van der Waals surface area contributed by atoms with E-state index in [4.69, 9.17) is 14.2 Å². The molecule has 53 heavy (non-hydrogen) atoms. The fourth-order valence-corrected chi connectivity index (χ4v) is 7.73. The number of hydrogen-bond acceptors (Lipinski definition) is 10. The van der Waals surface area contributed by atoms with E-state index in [9.17, 15) is 24.0 Å². The summed E-state index contributed by atoms with van der Waals surface area (Å²) in [5.41, 5.74) is 2.38. The lowest BCUT2D eigenvalue weighted by Gasteiger charge is -2.25. The van der Waals surface area contributed by atoms with Crippen molar-refractivity contribution in [3.05, 3.63) is 106 Å². The van der Waals surface area contributed by atoms with Crippen molar-refractivity contribution in [2.75, 3.05) is 38.0 Å². The molecule has 1 atom stereocenters. The largest absolute Gasteiger partial charge is 0.497 e. The first-order valence-electron chi connectivity index (χ1n) is 16.8. The molecule has 0 saturated heterocycles. The lowest BCUT2D eigenvalue weighted by molar-refractivity contribution is -0.129. The Kier molecular flexibility index (Phi) is 12.9. The molecule has 0 spiro atoms. The minimum Gasteiger partial charge on any atom is -0.497 e. The first kappa shape index (κ1) is 38.6. The maximum absolute atomic E-state index is 13.8. The number of ether oxygens (including phenoxy) is 3. The maximum Gasteiger partial charge on any atom is 0.341 e. The fourth-order valence-electron chi connectivity index (χ4n) is 5.55. The standard InChI is InChI=1S/C39H40N4O8S2/c1-6-51-39(48)34-30-17-18-43(24(3)44)22-33(30)53-38(34)42-35(45)23(2)52-29-14-10-13-27(21-29)40-37(47)31(41-36(46)25-11-8-7-9-12-25)20-26-19-28(49-4)15-16-32(26)50-5/h7-16,19-21,23H,6,17-18,22H2,1-5H3,(H,40,47)(H,41,46)(H,42,45)/b31-20+. The fraction of sp³-hybridized carbons (Fsp3) is 0.256. The molecule has 2 heterocycles. The van der Waals surface area contributed by atoms with E-state index in [2.05, 4.69) is 16.0 Å². The van der Waals surface area contributed by atoms with Crippen LogP contribution >= 0.6 is 23.1 Å². The molecule has 276 valence electrons. The molecule has 0 bridgehead atoms. The second-order valence-corrected chi connectivity index (χ2v) is 14.4. The smallest absolute Gasteiger partial charge is 0.341 e. The van der Waals surface area contributed by atoms with E-state index >= 15 is 0 Å². The summed E-state index contributed by atoms with van der Waals surface area (Å²) in [6.07, 6.45) is 1.99. The average Bonchev–Trinajstić information content (AvgIpc) is 3.52. The third kappa shape index (κ3) is 9.64. The van der Waals surface area contributed by atoms with Gasteiger partial charge in [0.25, 0.3) is 11.8 Å². The molecule has 3 aromatic carbocycles.